The van der Waals surface area contributed by atoms with E-state index in [2.05, 4.69) is 20.3 Å². The third-order valence-electron chi connectivity index (χ3n) is 2.52. The number of rotatable bonds is 3. The number of thiazole rings is 1. The van der Waals surface area contributed by atoms with E-state index in [4.69, 9.17) is 0 Å². The third-order valence-corrected chi connectivity index (χ3v) is 3.58. The van der Waals surface area contributed by atoms with Gasteiger partial charge in [0.25, 0.3) is 0 Å². The summed E-state index contributed by atoms with van der Waals surface area (Å²) < 4.78 is 37.7. The van der Waals surface area contributed by atoms with Gasteiger partial charge in [0.05, 0.1) is 10.6 Å². The van der Waals surface area contributed by atoms with Crippen LogP contribution < -0.4 is 5.32 Å². The normalized spacial score (nSPS) is 11.9. The van der Waals surface area contributed by atoms with E-state index in [1.54, 1.807) is 13.1 Å². The van der Waals surface area contributed by atoms with Gasteiger partial charge in [-0.05, 0) is 0 Å². The van der Waals surface area contributed by atoms with E-state index in [1.165, 1.54) is 6.20 Å². The largest absolute Gasteiger partial charge is 0.443 e. The van der Waals surface area contributed by atoms with Crippen LogP contribution >= 0.6 is 11.3 Å². The number of anilines is 1. The Hall–Kier alpha value is -1.70. The minimum Gasteiger partial charge on any atom is -0.373 e. The Labute approximate surface area is 118 Å². The number of alkyl halides is 3. The fourth-order valence-corrected chi connectivity index (χ4v) is 2.25. The Morgan fingerprint density at radius 1 is 1.25 bits per heavy atom. The maximum atomic E-state index is 12.6. The number of nitrogens with zero attached hydrogens (tertiary/aromatic N) is 3. The molecule has 0 saturated heterocycles. The molecular weight excluding hydrogens is 289 g/mol. The molecule has 0 saturated carbocycles. The van der Waals surface area contributed by atoms with Crippen molar-refractivity contribution in [2.45, 2.75) is 25.9 Å². The van der Waals surface area contributed by atoms with Crippen LogP contribution in [0.5, 0.6) is 0 Å². The molecule has 0 aliphatic rings. The summed E-state index contributed by atoms with van der Waals surface area (Å²) in [4.78, 5) is 12.4. The van der Waals surface area contributed by atoms with Crippen molar-refractivity contribution in [1.29, 1.82) is 0 Å². The second kappa shape index (κ2) is 5.35. The molecule has 0 aliphatic carbocycles. The van der Waals surface area contributed by atoms with Crippen LogP contribution in [-0.2, 0) is 6.18 Å². The fraction of sp³-hybridized carbons (Fsp3) is 0.417. The van der Waals surface area contributed by atoms with Crippen molar-refractivity contribution in [3.63, 3.8) is 0 Å². The Morgan fingerprint density at radius 2 is 1.95 bits per heavy atom. The SMILES string of the molecule is CNc1cc(-c2cnc(C(F)(F)F)s2)nc(C(C)C)n1. The minimum absolute atomic E-state index is 0.0806. The molecule has 0 aliphatic heterocycles. The molecule has 2 heterocycles. The van der Waals surface area contributed by atoms with Gasteiger partial charge in [0.2, 0.25) is 0 Å². The van der Waals surface area contributed by atoms with Crippen molar-refractivity contribution < 1.29 is 13.2 Å². The van der Waals surface area contributed by atoms with Crippen molar-refractivity contribution in [3.8, 4) is 10.6 Å². The molecule has 0 atom stereocenters. The fourth-order valence-electron chi connectivity index (χ4n) is 1.50. The zero-order chi connectivity index (χ0) is 14.9. The van der Waals surface area contributed by atoms with E-state index in [0.29, 0.717) is 33.6 Å². The van der Waals surface area contributed by atoms with E-state index in [9.17, 15) is 13.2 Å². The smallest absolute Gasteiger partial charge is 0.373 e. The van der Waals surface area contributed by atoms with E-state index < -0.39 is 11.2 Å². The van der Waals surface area contributed by atoms with Crippen molar-refractivity contribution in [1.82, 2.24) is 15.0 Å². The topological polar surface area (TPSA) is 50.7 Å². The number of hydrogen-bond donors (Lipinski definition) is 1. The molecule has 2 aromatic heterocycles. The Morgan fingerprint density at radius 3 is 2.45 bits per heavy atom. The molecule has 4 nitrogen and oxygen atoms in total. The van der Waals surface area contributed by atoms with Crippen LogP contribution in [0.2, 0.25) is 0 Å². The lowest BCUT2D eigenvalue weighted by Gasteiger charge is -2.08. The van der Waals surface area contributed by atoms with Crippen LogP contribution in [0.25, 0.3) is 10.6 Å². The van der Waals surface area contributed by atoms with Crippen LogP contribution in [0.1, 0.15) is 30.6 Å². The van der Waals surface area contributed by atoms with Gasteiger partial charge >= 0.3 is 6.18 Å². The lowest BCUT2D eigenvalue weighted by Crippen LogP contribution is -2.03. The van der Waals surface area contributed by atoms with Gasteiger partial charge in [-0.25, -0.2) is 15.0 Å². The molecule has 1 N–H and O–H groups in total. The summed E-state index contributed by atoms with van der Waals surface area (Å²) in [5, 5.41) is 2.01. The van der Waals surface area contributed by atoms with Gasteiger partial charge in [-0.15, -0.1) is 11.3 Å². The number of hydrogen-bond acceptors (Lipinski definition) is 5. The van der Waals surface area contributed by atoms with Crippen molar-refractivity contribution in [2.75, 3.05) is 12.4 Å². The predicted octanol–water partition coefficient (Wildman–Crippen LogP) is 3.78. The van der Waals surface area contributed by atoms with Crippen LogP contribution in [-0.4, -0.2) is 22.0 Å². The maximum Gasteiger partial charge on any atom is 0.443 e. The molecule has 0 bridgehead atoms. The monoisotopic (exact) mass is 302 g/mol. The van der Waals surface area contributed by atoms with Gasteiger partial charge in [0, 0.05) is 25.2 Å². The highest BCUT2D eigenvalue weighted by Crippen LogP contribution is 2.36. The van der Waals surface area contributed by atoms with Crippen molar-refractivity contribution >= 4 is 17.2 Å². The average molecular weight is 302 g/mol. The molecule has 0 aromatic carbocycles. The molecule has 0 unspecified atom stereocenters. The van der Waals surface area contributed by atoms with Gasteiger partial charge in [-0.1, -0.05) is 13.8 Å². The zero-order valence-electron chi connectivity index (χ0n) is 11.1. The molecule has 108 valence electrons. The van der Waals surface area contributed by atoms with E-state index >= 15 is 0 Å². The summed E-state index contributed by atoms with van der Waals surface area (Å²) in [6, 6.07) is 1.61. The Balaban J connectivity index is 2.46. The molecule has 20 heavy (non-hydrogen) atoms. The number of aromatic nitrogens is 3. The van der Waals surface area contributed by atoms with Crippen molar-refractivity contribution in [2.24, 2.45) is 0 Å². The second-order valence-corrected chi connectivity index (χ2v) is 5.46. The van der Waals surface area contributed by atoms with Gasteiger partial charge in [-0.3, -0.25) is 0 Å². The first kappa shape index (κ1) is 14.7. The molecular formula is C12H13F3N4S. The Kier molecular flexibility index (Phi) is 3.94. The quantitative estimate of drug-likeness (QED) is 0.937. The summed E-state index contributed by atoms with van der Waals surface area (Å²) in [6.07, 6.45) is -3.23. The first-order valence-corrected chi connectivity index (χ1v) is 6.73. The lowest BCUT2D eigenvalue weighted by atomic mass is 10.2. The predicted molar refractivity (Wildman–Crippen MR) is 71.8 cm³/mol. The molecule has 8 heteroatoms. The number of nitrogens with one attached hydrogen (secondary N) is 1. The third kappa shape index (κ3) is 3.06. The van der Waals surface area contributed by atoms with Crippen LogP contribution in [0.3, 0.4) is 0 Å². The highest BCUT2D eigenvalue weighted by Gasteiger charge is 2.34. The molecule has 0 fully saturated rings. The maximum absolute atomic E-state index is 12.6. The summed E-state index contributed by atoms with van der Waals surface area (Å²) in [5.41, 5.74) is 0.445. The van der Waals surface area contributed by atoms with E-state index in [0.717, 1.165) is 0 Å². The molecule has 0 radical (unpaired) electrons. The lowest BCUT2D eigenvalue weighted by molar-refractivity contribution is -0.137. The molecule has 2 aromatic rings. The summed E-state index contributed by atoms with van der Waals surface area (Å²) in [6.45, 7) is 3.85. The van der Waals surface area contributed by atoms with Crippen molar-refractivity contribution in [3.05, 3.63) is 23.1 Å². The highest BCUT2D eigenvalue weighted by molar-refractivity contribution is 7.15. The Bertz CT molecular complexity index is 607. The minimum atomic E-state index is -4.43. The van der Waals surface area contributed by atoms with E-state index in [-0.39, 0.29) is 5.92 Å². The highest BCUT2D eigenvalue weighted by atomic mass is 32.1. The summed E-state index contributed by atoms with van der Waals surface area (Å²) in [7, 11) is 1.70. The average Bonchev–Trinajstić information content (AvgIpc) is 2.87. The van der Waals surface area contributed by atoms with E-state index in [1.807, 2.05) is 13.8 Å². The van der Waals surface area contributed by atoms with Crippen LogP contribution in [0.15, 0.2) is 12.3 Å². The molecule has 2 rings (SSSR count). The first-order chi connectivity index (χ1) is 9.31. The second-order valence-electron chi connectivity index (χ2n) is 4.43. The van der Waals surface area contributed by atoms with Crippen LogP contribution in [0, 0.1) is 0 Å². The van der Waals surface area contributed by atoms with Gasteiger partial charge in [0.15, 0.2) is 5.01 Å². The zero-order valence-corrected chi connectivity index (χ0v) is 11.9. The van der Waals surface area contributed by atoms with Gasteiger partial charge in [0.1, 0.15) is 11.6 Å². The van der Waals surface area contributed by atoms with Crippen LogP contribution in [0.4, 0.5) is 19.0 Å². The summed E-state index contributed by atoms with van der Waals surface area (Å²) in [5.74, 6) is 1.23. The van der Waals surface area contributed by atoms with Gasteiger partial charge < -0.3 is 5.32 Å². The summed E-state index contributed by atoms with van der Waals surface area (Å²) >= 11 is 0.578. The van der Waals surface area contributed by atoms with Gasteiger partial charge in [-0.2, -0.15) is 13.2 Å². The standard InChI is InChI=1S/C12H13F3N4S/c1-6(2)10-18-7(4-9(16-3)19-10)8-5-17-11(20-8)12(13,14)15/h4-6H,1-3H3,(H,16,18,19). The molecule has 0 spiro atoms. The molecule has 0 amide bonds. The first-order valence-electron chi connectivity index (χ1n) is 5.91. The number of halogens is 3.